The first kappa shape index (κ1) is 15.2. The second-order valence-electron chi connectivity index (χ2n) is 4.56. The summed E-state index contributed by atoms with van der Waals surface area (Å²) < 4.78 is 18.5. The fourth-order valence-electron chi connectivity index (χ4n) is 1.84. The molecule has 5 nitrogen and oxygen atoms in total. The Morgan fingerprint density at radius 2 is 2.33 bits per heavy atom. The number of hydrogen-bond donors (Lipinski definition) is 2. The van der Waals surface area contributed by atoms with E-state index in [1.165, 1.54) is 13.2 Å². The molecule has 1 heterocycles. The van der Waals surface area contributed by atoms with E-state index in [1.807, 2.05) is 12.3 Å². The first-order valence-corrected chi connectivity index (χ1v) is 7.21. The van der Waals surface area contributed by atoms with Crippen LogP contribution in [-0.2, 0) is 4.74 Å². The van der Waals surface area contributed by atoms with Gasteiger partial charge in [0.25, 0.3) is 0 Å². The van der Waals surface area contributed by atoms with E-state index in [-0.39, 0.29) is 22.9 Å². The molecule has 7 heteroatoms. The monoisotopic (exact) mass is 309 g/mol. The topological polar surface area (TPSA) is 77.2 Å². The fraction of sp³-hybridized carbons (Fsp3) is 0.286. The lowest BCUT2D eigenvalue weighted by molar-refractivity contribution is 0.0602. The maximum Gasteiger partial charge on any atom is 0.340 e. The minimum Gasteiger partial charge on any atom is -0.465 e. The van der Waals surface area contributed by atoms with Gasteiger partial charge in [-0.05, 0) is 12.1 Å². The van der Waals surface area contributed by atoms with Gasteiger partial charge in [0.15, 0.2) is 0 Å². The van der Waals surface area contributed by atoms with Gasteiger partial charge in [-0.1, -0.05) is 6.92 Å². The van der Waals surface area contributed by atoms with Crippen molar-refractivity contribution >= 4 is 28.7 Å². The Morgan fingerprint density at radius 1 is 1.57 bits per heavy atom. The van der Waals surface area contributed by atoms with E-state index in [9.17, 15) is 9.18 Å². The number of anilines is 2. The largest absolute Gasteiger partial charge is 0.465 e. The third kappa shape index (κ3) is 3.49. The number of carbonyl (C=O) groups excluding carboxylic acids is 1. The van der Waals surface area contributed by atoms with Gasteiger partial charge in [0, 0.05) is 29.7 Å². The van der Waals surface area contributed by atoms with Crippen molar-refractivity contribution in [1.82, 2.24) is 4.98 Å². The highest BCUT2D eigenvalue weighted by Gasteiger charge is 2.15. The quantitative estimate of drug-likeness (QED) is 0.656. The zero-order valence-corrected chi connectivity index (χ0v) is 12.5. The third-order valence-corrected chi connectivity index (χ3v) is 4.02. The van der Waals surface area contributed by atoms with Crippen molar-refractivity contribution in [3.8, 4) is 0 Å². The van der Waals surface area contributed by atoms with Crippen LogP contribution >= 0.6 is 11.3 Å². The molecule has 2 rings (SSSR count). The van der Waals surface area contributed by atoms with Crippen LogP contribution in [0.15, 0.2) is 23.7 Å². The van der Waals surface area contributed by atoms with Gasteiger partial charge in [-0.2, -0.15) is 0 Å². The molecule has 21 heavy (non-hydrogen) atoms. The molecule has 0 spiro atoms. The van der Waals surface area contributed by atoms with Gasteiger partial charge in [0.05, 0.1) is 23.4 Å². The summed E-state index contributed by atoms with van der Waals surface area (Å²) in [6, 6.07) is 2.48. The Hall–Kier alpha value is -2.15. The molecule has 1 aromatic heterocycles. The molecule has 0 radical (unpaired) electrons. The summed E-state index contributed by atoms with van der Waals surface area (Å²) >= 11 is 1.55. The summed E-state index contributed by atoms with van der Waals surface area (Å²) in [5, 5.41) is 5.83. The first-order valence-electron chi connectivity index (χ1n) is 6.33. The van der Waals surface area contributed by atoms with Crippen molar-refractivity contribution in [2.45, 2.75) is 12.8 Å². The van der Waals surface area contributed by atoms with Crippen molar-refractivity contribution in [3.05, 3.63) is 40.1 Å². The van der Waals surface area contributed by atoms with Gasteiger partial charge in [-0.3, -0.25) is 0 Å². The Kier molecular flexibility index (Phi) is 4.74. The molecule has 1 atom stereocenters. The SMILES string of the molecule is COC(=O)c1cc(NCC(C)c2nccs2)c(F)cc1N. The summed E-state index contributed by atoms with van der Waals surface area (Å²) in [5.74, 6) is -0.974. The van der Waals surface area contributed by atoms with E-state index in [0.29, 0.717) is 6.54 Å². The summed E-state index contributed by atoms with van der Waals surface area (Å²) in [4.78, 5) is 15.8. The van der Waals surface area contributed by atoms with Crippen LogP contribution in [0.4, 0.5) is 15.8 Å². The summed E-state index contributed by atoms with van der Waals surface area (Å²) in [7, 11) is 1.25. The van der Waals surface area contributed by atoms with E-state index in [4.69, 9.17) is 5.73 Å². The fourth-order valence-corrected chi connectivity index (χ4v) is 2.54. The van der Waals surface area contributed by atoms with Crippen LogP contribution in [0.2, 0.25) is 0 Å². The molecule has 3 N–H and O–H groups in total. The molecule has 112 valence electrons. The first-order chi connectivity index (χ1) is 10.0. The van der Waals surface area contributed by atoms with Crippen molar-refractivity contribution in [2.75, 3.05) is 24.7 Å². The lowest BCUT2D eigenvalue weighted by Crippen LogP contribution is -2.13. The molecule has 2 aromatic rings. The average molecular weight is 309 g/mol. The summed E-state index contributed by atoms with van der Waals surface area (Å²) in [5.41, 5.74) is 6.03. The lowest BCUT2D eigenvalue weighted by Gasteiger charge is -2.14. The van der Waals surface area contributed by atoms with Gasteiger partial charge in [0.2, 0.25) is 0 Å². The number of benzene rings is 1. The van der Waals surface area contributed by atoms with Crippen molar-refractivity contribution in [1.29, 1.82) is 0 Å². The highest BCUT2D eigenvalue weighted by Crippen LogP contribution is 2.24. The number of thiazole rings is 1. The van der Waals surface area contributed by atoms with Gasteiger partial charge in [-0.15, -0.1) is 11.3 Å². The third-order valence-electron chi connectivity index (χ3n) is 3.02. The molecule has 1 aromatic carbocycles. The number of methoxy groups -OCH3 is 1. The van der Waals surface area contributed by atoms with Gasteiger partial charge >= 0.3 is 5.97 Å². The van der Waals surface area contributed by atoms with Crippen LogP contribution in [0.25, 0.3) is 0 Å². The number of halogens is 1. The van der Waals surface area contributed by atoms with E-state index >= 15 is 0 Å². The lowest BCUT2D eigenvalue weighted by atomic mass is 10.1. The zero-order valence-electron chi connectivity index (χ0n) is 11.7. The molecule has 0 amide bonds. The highest BCUT2D eigenvalue weighted by atomic mass is 32.1. The predicted molar refractivity (Wildman–Crippen MR) is 81.2 cm³/mol. The minimum absolute atomic E-state index is 0.0536. The number of nitrogen functional groups attached to an aromatic ring is 1. The van der Waals surface area contributed by atoms with Crippen molar-refractivity contribution in [2.24, 2.45) is 0 Å². The summed E-state index contributed by atoms with van der Waals surface area (Å²) in [6.45, 7) is 2.48. The van der Waals surface area contributed by atoms with Crippen LogP contribution < -0.4 is 11.1 Å². The zero-order chi connectivity index (χ0) is 15.4. The maximum absolute atomic E-state index is 13.9. The Balaban J connectivity index is 2.14. The summed E-state index contributed by atoms with van der Waals surface area (Å²) in [6.07, 6.45) is 1.73. The molecule has 0 saturated heterocycles. The molecular weight excluding hydrogens is 293 g/mol. The Labute approximate surface area is 126 Å². The van der Waals surface area contributed by atoms with Crippen LogP contribution in [-0.4, -0.2) is 24.6 Å². The van der Waals surface area contributed by atoms with E-state index in [1.54, 1.807) is 17.5 Å². The highest BCUT2D eigenvalue weighted by molar-refractivity contribution is 7.09. The standard InChI is InChI=1S/C14H16FN3O2S/c1-8(13-17-3-4-21-13)7-18-12-5-9(14(19)20-2)11(16)6-10(12)15/h3-6,8,18H,7,16H2,1-2H3. The maximum atomic E-state index is 13.9. The van der Waals surface area contributed by atoms with Crippen LogP contribution in [0.5, 0.6) is 0 Å². The molecule has 1 unspecified atom stereocenters. The molecule has 0 aliphatic carbocycles. The van der Waals surface area contributed by atoms with Crippen molar-refractivity contribution < 1.29 is 13.9 Å². The number of ether oxygens (including phenoxy) is 1. The average Bonchev–Trinajstić information content (AvgIpc) is 2.99. The Bertz CT molecular complexity index is 631. The smallest absolute Gasteiger partial charge is 0.340 e. The van der Waals surface area contributed by atoms with Crippen LogP contribution in [0.1, 0.15) is 28.2 Å². The van der Waals surface area contributed by atoms with E-state index in [0.717, 1.165) is 11.1 Å². The molecule has 0 aliphatic rings. The molecule has 0 fully saturated rings. The molecule has 0 bridgehead atoms. The number of nitrogens with one attached hydrogen (secondary N) is 1. The van der Waals surface area contributed by atoms with Gasteiger partial charge in [-0.25, -0.2) is 14.2 Å². The second-order valence-corrected chi connectivity index (χ2v) is 5.49. The number of carbonyl (C=O) groups is 1. The van der Waals surface area contributed by atoms with Gasteiger partial charge < -0.3 is 15.8 Å². The minimum atomic E-state index is -0.594. The van der Waals surface area contributed by atoms with Gasteiger partial charge in [0.1, 0.15) is 5.82 Å². The number of nitrogens with two attached hydrogens (primary N) is 1. The molecule has 0 saturated carbocycles. The number of aromatic nitrogens is 1. The van der Waals surface area contributed by atoms with E-state index in [2.05, 4.69) is 15.0 Å². The van der Waals surface area contributed by atoms with Crippen LogP contribution in [0.3, 0.4) is 0 Å². The number of hydrogen-bond acceptors (Lipinski definition) is 6. The van der Waals surface area contributed by atoms with Crippen molar-refractivity contribution in [3.63, 3.8) is 0 Å². The molecular formula is C14H16FN3O2S. The second kappa shape index (κ2) is 6.53. The molecule has 0 aliphatic heterocycles. The normalized spacial score (nSPS) is 12.0. The number of nitrogens with zero attached hydrogens (tertiary/aromatic N) is 1. The van der Waals surface area contributed by atoms with Crippen LogP contribution in [0, 0.1) is 5.82 Å². The number of rotatable bonds is 5. The Morgan fingerprint density at radius 3 is 2.95 bits per heavy atom. The predicted octanol–water partition coefficient (Wildman–Crippen LogP) is 2.87. The number of esters is 1. The van der Waals surface area contributed by atoms with E-state index < -0.39 is 11.8 Å².